The van der Waals surface area contributed by atoms with Crippen LogP contribution in [0.25, 0.3) is 0 Å². The Hall–Kier alpha value is -1.85. The van der Waals surface area contributed by atoms with Crippen molar-refractivity contribution in [1.29, 1.82) is 0 Å². The molecule has 1 heterocycles. The van der Waals surface area contributed by atoms with Crippen molar-refractivity contribution in [3.8, 4) is 0 Å². The number of carbonyl (C=O) groups excluding carboxylic acids is 1. The Morgan fingerprint density at radius 3 is 1.78 bits per heavy atom. The van der Waals surface area contributed by atoms with E-state index < -0.39 is 0 Å². The molecule has 0 radical (unpaired) electrons. The van der Waals surface area contributed by atoms with Crippen LogP contribution in [-0.2, 0) is 23.7 Å². The highest BCUT2D eigenvalue weighted by Crippen LogP contribution is 2.31. The molecule has 102 valence electrons. The summed E-state index contributed by atoms with van der Waals surface area (Å²) in [6.45, 7) is 4.69. The predicted molar refractivity (Wildman–Crippen MR) is 63.8 cm³/mol. The van der Waals surface area contributed by atoms with Gasteiger partial charge >= 0.3 is 0 Å². The molecule has 0 aromatic carbocycles. The maximum atomic E-state index is 11.2. The van der Waals surface area contributed by atoms with E-state index in [1.807, 2.05) is 13.8 Å². The molecule has 0 aromatic rings. The van der Waals surface area contributed by atoms with Crippen LogP contribution in [0.3, 0.4) is 0 Å². The Balaban J connectivity index is 3.14. The van der Waals surface area contributed by atoms with Crippen molar-refractivity contribution in [1.82, 2.24) is 4.90 Å². The van der Waals surface area contributed by atoms with Crippen LogP contribution in [0, 0.1) is 0 Å². The summed E-state index contributed by atoms with van der Waals surface area (Å²) in [6, 6.07) is 0. The summed E-state index contributed by atoms with van der Waals surface area (Å²) in [6.07, 6.45) is 1.01. The summed E-state index contributed by atoms with van der Waals surface area (Å²) in [5.41, 5.74) is 0. The maximum Gasteiger partial charge on any atom is 0.242 e. The maximum absolute atomic E-state index is 11.2. The van der Waals surface area contributed by atoms with E-state index in [2.05, 4.69) is 0 Å². The van der Waals surface area contributed by atoms with Gasteiger partial charge in [-0.15, -0.1) is 0 Å². The van der Waals surface area contributed by atoms with Crippen LogP contribution in [0.2, 0.25) is 0 Å². The first kappa shape index (κ1) is 14.2. The van der Waals surface area contributed by atoms with Crippen molar-refractivity contribution in [2.75, 3.05) is 27.4 Å². The second-order valence-corrected chi connectivity index (χ2v) is 3.38. The van der Waals surface area contributed by atoms with Gasteiger partial charge in [-0.2, -0.15) is 0 Å². The smallest absolute Gasteiger partial charge is 0.242 e. The fourth-order valence-electron chi connectivity index (χ4n) is 1.75. The van der Waals surface area contributed by atoms with Crippen molar-refractivity contribution >= 4 is 6.41 Å². The van der Waals surface area contributed by atoms with Gasteiger partial charge in [0, 0.05) is 0 Å². The Bertz CT molecular complexity index is 331. The molecule has 6 nitrogen and oxygen atoms in total. The molecule has 0 saturated heterocycles. The van der Waals surface area contributed by atoms with Crippen LogP contribution in [-0.4, -0.2) is 38.7 Å². The van der Waals surface area contributed by atoms with E-state index in [1.165, 1.54) is 19.1 Å². The summed E-state index contributed by atoms with van der Waals surface area (Å²) in [5.74, 6) is 1.76. The van der Waals surface area contributed by atoms with Crippen molar-refractivity contribution in [3.05, 3.63) is 23.3 Å². The van der Waals surface area contributed by atoms with Crippen LogP contribution in [0.1, 0.15) is 20.3 Å². The third-order valence-corrected chi connectivity index (χ3v) is 2.37. The van der Waals surface area contributed by atoms with Gasteiger partial charge in [0.15, 0.2) is 11.5 Å². The molecule has 0 bridgehead atoms. The molecule has 0 aromatic heterocycles. The van der Waals surface area contributed by atoms with Gasteiger partial charge in [-0.1, -0.05) is 0 Å². The second-order valence-electron chi connectivity index (χ2n) is 3.38. The normalized spacial score (nSPS) is 15.7. The number of amides is 1. The largest absolute Gasteiger partial charge is 0.492 e. The Morgan fingerprint density at radius 2 is 1.50 bits per heavy atom. The highest BCUT2D eigenvalue weighted by molar-refractivity contribution is 5.55. The molecule has 0 unspecified atom stereocenters. The molecule has 1 amide bonds. The second kappa shape index (κ2) is 6.78. The van der Waals surface area contributed by atoms with E-state index in [9.17, 15) is 4.79 Å². The topological polar surface area (TPSA) is 57.2 Å². The number of carbonyl (C=O) groups is 1. The first-order chi connectivity index (χ1) is 8.73. The van der Waals surface area contributed by atoms with E-state index in [0.29, 0.717) is 49.3 Å². The van der Waals surface area contributed by atoms with Crippen LogP contribution in [0.4, 0.5) is 0 Å². The third kappa shape index (κ3) is 2.69. The summed E-state index contributed by atoms with van der Waals surface area (Å²) in [7, 11) is 2.95. The lowest BCUT2D eigenvalue weighted by Gasteiger charge is -2.29. The van der Waals surface area contributed by atoms with Gasteiger partial charge in [-0.3, -0.25) is 4.79 Å². The molecule has 0 aliphatic carbocycles. The third-order valence-electron chi connectivity index (χ3n) is 2.37. The molecule has 18 heavy (non-hydrogen) atoms. The summed E-state index contributed by atoms with van der Waals surface area (Å²) in [5, 5.41) is 0. The van der Waals surface area contributed by atoms with Crippen LogP contribution in [0.5, 0.6) is 0 Å². The molecule has 1 aliphatic rings. The Kier molecular flexibility index (Phi) is 5.35. The highest BCUT2D eigenvalue weighted by atomic mass is 16.6. The van der Waals surface area contributed by atoms with E-state index in [1.54, 1.807) is 0 Å². The van der Waals surface area contributed by atoms with Crippen molar-refractivity contribution < 1.29 is 23.7 Å². The fourth-order valence-corrected chi connectivity index (χ4v) is 1.75. The van der Waals surface area contributed by atoms with Gasteiger partial charge in [-0.05, 0) is 13.8 Å². The minimum absolute atomic E-state index is 0.326. The molecule has 0 atom stereocenters. The van der Waals surface area contributed by atoms with Crippen molar-refractivity contribution in [2.24, 2.45) is 0 Å². The highest BCUT2D eigenvalue weighted by Gasteiger charge is 2.31. The Labute approximate surface area is 107 Å². The van der Waals surface area contributed by atoms with Gasteiger partial charge in [0.1, 0.15) is 0 Å². The molecular formula is C12H19NO5. The van der Waals surface area contributed by atoms with Crippen LogP contribution < -0.4 is 0 Å². The first-order valence-corrected chi connectivity index (χ1v) is 5.77. The molecule has 0 spiro atoms. The van der Waals surface area contributed by atoms with E-state index >= 15 is 0 Å². The monoisotopic (exact) mass is 257 g/mol. The molecule has 1 rings (SSSR count). The van der Waals surface area contributed by atoms with Gasteiger partial charge in [0.05, 0.1) is 33.9 Å². The molecule has 6 heteroatoms. The molecule has 0 N–H and O–H groups in total. The van der Waals surface area contributed by atoms with Gasteiger partial charge in [0.25, 0.3) is 0 Å². The number of hydrogen-bond donors (Lipinski definition) is 0. The molecule has 0 fully saturated rings. The standard InChI is InChI=1S/C12H19NO5/c1-5-17-9-7-10(18-6-2)12(16-4)13(8-14)11(9)15-3/h8H,5-7H2,1-4H3. The fraction of sp³-hybridized carbons (Fsp3) is 0.583. The lowest BCUT2D eigenvalue weighted by molar-refractivity contribution is -0.120. The van der Waals surface area contributed by atoms with Crippen molar-refractivity contribution in [3.63, 3.8) is 0 Å². The molecule has 0 saturated carbocycles. The van der Waals surface area contributed by atoms with E-state index in [4.69, 9.17) is 18.9 Å². The molecule has 1 aliphatic heterocycles. The summed E-state index contributed by atoms with van der Waals surface area (Å²) >= 11 is 0. The number of ether oxygens (including phenoxy) is 4. The van der Waals surface area contributed by atoms with E-state index in [-0.39, 0.29) is 0 Å². The van der Waals surface area contributed by atoms with Gasteiger partial charge in [0.2, 0.25) is 18.2 Å². The van der Waals surface area contributed by atoms with Crippen LogP contribution in [0.15, 0.2) is 23.3 Å². The zero-order valence-electron chi connectivity index (χ0n) is 11.2. The minimum atomic E-state index is 0.326. The quantitative estimate of drug-likeness (QED) is 0.648. The summed E-state index contributed by atoms with van der Waals surface area (Å²) < 4.78 is 21.3. The Morgan fingerprint density at radius 1 is 1.06 bits per heavy atom. The zero-order valence-corrected chi connectivity index (χ0v) is 11.2. The number of methoxy groups -OCH3 is 2. The number of nitrogens with zero attached hydrogens (tertiary/aromatic N) is 1. The lowest BCUT2D eigenvalue weighted by Crippen LogP contribution is -2.30. The van der Waals surface area contributed by atoms with Crippen molar-refractivity contribution in [2.45, 2.75) is 20.3 Å². The van der Waals surface area contributed by atoms with E-state index in [0.717, 1.165) is 0 Å². The van der Waals surface area contributed by atoms with Crippen LogP contribution >= 0.6 is 0 Å². The lowest BCUT2D eigenvalue weighted by atomic mass is 10.2. The molecular weight excluding hydrogens is 238 g/mol. The van der Waals surface area contributed by atoms with Gasteiger partial charge < -0.3 is 18.9 Å². The average molecular weight is 257 g/mol. The first-order valence-electron chi connectivity index (χ1n) is 5.77. The predicted octanol–water partition coefficient (Wildman–Crippen LogP) is 1.55. The minimum Gasteiger partial charge on any atom is -0.492 e. The summed E-state index contributed by atoms with van der Waals surface area (Å²) in [4.78, 5) is 12.4. The van der Waals surface area contributed by atoms with Gasteiger partial charge in [-0.25, -0.2) is 4.90 Å². The average Bonchev–Trinajstić information content (AvgIpc) is 2.38. The SMILES string of the molecule is CCOC1=C(OC)N(C=O)C(OC)=C(OCC)C1. The number of hydrogen-bond acceptors (Lipinski definition) is 5. The number of rotatable bonds is 7. The zero-order chi connectivity index (χ0) is 13.5.